The molecule has 0 amide bonds. The summed E-state index contributed by atoms with van der Waals surface area (Å²) in [6.07, 6.45) is 3.88. The quantitative estimate of drug-likeness (QED) is 0.712. The average Bonchev–Trinajstić information content (AvgIpc) is 2.03. The summed E-state index contributed by atoms with van der Waals surface area (Å²) in [7, 11) is 0. The highest BCUT2D eigenvalue weighted by molar-refractivity contribution is 4.66. The molecule has 15 heavy (non-hydrogen) atoms. The second kappa shape index (κ2) is 10.0. The van der Waals surface area contributed by atoms with E-state index in [0.29, 0.717) is 5.41 Å². The molecule has 0 fully saturated rings. The molecule has 92 valence electrons. The Hall–Kier alpha value is -0.500. The maximum Gasteiger partial charge on any atom is 0.0844 e. The fraction of sp³-hybridized carbons (Fsp3) is 0.846. The predicted octanol–water partition coefficient (Wildman–Crippen LogP) is 3.57. The summed E-state index contributed by atoms with van der Waals surface area (Å²) in [4.78, 5) is 0. The molecule has 0 heterocycles. The van der Waals surface area contributed by atoms with Crippen LogP contribution < -0.4 is 5.73 Å². The fourth-order valence-electron chi connectivity index (χ4n) is 1.55. The van der Waals surface area contributed by atoms with Crippen LogP contribution in [0.15, 0.2) is 12.8 Å². The third-order valence-corrected chi connectivity index (χ3v) is 1.90. The maximum atomic E-state index is 5.45. The van der Waals surface area contributed by atoms with Gasteiger partial charge in [-0.1, -0.05) is 34.3 Å². The van der Waals surface area contributed by atoms with Gasteiger partial charge in [0.05, 0.1) is 12.9 Å². The number of hydrogen-bond acceptors (Lipinski definition) is 2. The van der Waals surface area contributed by atoms with Gasteiger partial charge >= 0.3 is 0 Å². The molecule has 1 unspecified atom stereocenters. The summed E-state index contributed by atoms with van der Waals surface area (Å²) < 4.78 is 4.60. The van der Waals surface area contributed by atoms with Gasteiger partial charge < -0.3 is 10.5 Å². The van der Waals surface area contributed by atoms with E-state index in [1.807, 2.05) is 6.92 Å². The summed E-state index contributed by atoms with van der Waals surface area (Å²) in [6, 6.07) is 0. The van der Waals surface area contributed by atoms with Crippen molar-refractivity contribution < 1.29 is 4.74 Å². The Balaban J connectivity index is 0. The number of rotatable bonds is 5. The molecular formula is C13H29NO. The summed E-state index contributed by atoms with van der Waals surface area (Å²) in [5.74, 6) is 0.782. The lowest BCUT2D eigenvalue weighted by Crippen LogP contribution is -2.14. The van der Waals surface area contributed by atoms with E-state index < -0.39 is 0 Å². The molecule has 2 heteroatoms. The molecule has 0 aromatic rings. The van der Waals surface area contributed by atoms with E-state index in [1.165, 1.54) is 12.7 Å². The standard InChI is InChI=1S/C9H21N.C4H8O/c1-8(5-6-10)7-9(2,3)4;1-3-5-4-2/h8H,5-7,10H2,1-4H3;3H,1,4H2,2H3. The van der Waals surface area contributed by atoms with Crippen molar-refractivity contribution in [2.75, 3.05) is 13.2 Å². The van der Waals surface area contributed by atoms with Gasteiger partial charge in [0.25, 0.3) is 0 Å². The minimum absolute atomic E-state index is 0.467. The first-order valence-electron chi connectivity index (χ1n) is 5.80. The molecule has 0 aromatic heterocycles. The second-order valence-corrected chi connectivity index (χ2v) is 5.07. The van der Waals surface area contributed by atoms with Gasteiger partial charge in [0.2, 0.25) is 0 Å². The van der Waals surface area contributed by atoms with Crippen LogP contribution in [0.4, 0.5) is 0 Å². The highest BCUT2D eigenvalue weighted by Gasteiger charge is 2.13. The van der Waals surface area contributed by atoms with E-state index in [9.17, 15) is 0 Å². The van der Waals surface area contributed by atoms with Crippen LogP contribution in [-0.2, 0) is 4.74 Å². The molecule has 0 aliphatic heterocycles. The Morgan fingerprint density at radius 2 is 1.93 bits per heavy atom. The first-order valence-corrected chi connectivity index (χ1v) is 5.80. The minimum Gasteiger partial charge on any atom is -0.502 e. The van der Waals surface area contributed by atoms with Crippen molar-refractivity contribution in [3.8, 4) is 0 Å². The van der Waals surface area contributed by atoms with Gasteiger partial charge in [0.15, 0.2) is 0 Å². The maximum absolute atomic E-state index is 5.45. The molecule has 0 aliphatic carbocycles. The first-order chi connectivity index (χ1) is 6.87. The number of ether oxygens (including phenoxy) is 1. The molecule has 2 N–H and O–H groups in total. The molecule has 0 bridgehead atoms. The fourth-order valence-corrected chi connectivity index (χ4v) is 1.55. The van der Waals surface area contributed by atoms with Gasteiger partial charge in [0, 0.05) is 0 Å². The van der Waals surface area contributed by atoms with Gasteiger partial charge in [-0.15, -0.1) is 0 Å². The summed E-state index contributed by atoms with van der Waals surface area (Å²) in [5, 5.41) is 0. The van der Waals surface area contributed by atoms with Crippen LogP contribution in [0.5, 0.6) is 0 Å². The van der Waals surface area contributed by atoms with E-state index >= 15 is 0 Å². The van der Waals surface area contributed by atoms with Crippen molar-refractivity contribution in [3.63, 3.8) is 0 Å². The first kappa shape index (κ1) is 16.9. The Bertz CT molecular complexity index is 138. The van der Waals surface area contributed by atoms with Crippen LogP contribution in [0, 0.1) is 11.3 Å². The predicted molar refractivity (Wildman–Crippen MR) is 68.7 cm³/mol. The van der Waals surface area contributed by atoms with Gasteiger partial charge in [-0.25, -0.2) is 0 Å². The lowest BCUT2D eigenvalue weighted by Gasteiger charge is -2.22. The molecule has 0 aromatic carbocycles. The van der Waals surface area contributed by atoms with Gasteiger partial charge in [-0.2, -0.15) is 0 Å². The third-order valence-electron chi connectivity index (χ3n) is 1.90. The van der Waals surface area contributed by atoms with E-state index in [-0.39, 0.29) is 0 Å². The number of nitrogens with two attached hydrogens (primary N) is 1. The molecule has 1 atom stereocenters. The van der Waals surface area contributed by atoms with E-state index in [0.717, 1.165) is 25.5 Å². The second-order valence-electron chi connectivity index (χ2n) is 5.07. The van der Waals surface area contributed by atoms with Crippen molar-refractivity contribution in [1.82, 2.24) is 0 Å². The van der Waals surface area contributed by atoms with Crippen molar-refractivity contribution in [2.24, 2.45) is 17.1 Å². The highest BCUT2D eigenvalue weighted by Crippen LogP contribution is 2.25. The molecule has 0 spiro atoms. The van der Waals surface area contributed by atoms with E-state index in [1.54, 1.807) is 0 Å². The minimum atomic E-state index is 0.467. The molecule has 0 saturated heterocycles. The molecule has 0 radical (unpaired) electrons. The van der Waals surface area contributed by atoms with Crippen LogP contribution in [-0.4, -0.2) is 13.2 Å². The highest BCUT2D eigenvalue weighted by atomic mass is 16.5. The zero-order chi connectivity index (χ0) is 12.3. The Labute approximate surface area is 95.9 Å². The summed E-state index contributed by atoms with van der Waals surface area (Å²) in [5.41, 5.74) is 5.92. The van der Waals surface area contributed by atoms with E-state index in [4.69, 9.17) is 5.73 Å². The van der Waals surface area contributed by atoms with Gasteiger partial charge in [0.1, 0.15) is 0 Å². The Morgan fingerprint density at radius 1 is 1.40 bits per heavy atom. The zero-order valence-electron chi connectivity index (χ0n) is 11.2. The average molecular weight is 215 g/mol. The molecular weight excluding hydrogens is 186 g/mol. The molecule has 0 saturated carbocycles. The van der Waals surface area contributed by atoms with Crippen LogP contribution in [0.1, 0.15) is 47.5 Å². The van der Waals surface area contributed by atoms with Crippen molar-refractivity contribution in [1.29, 1.82) is 0 Å². The SMILES string of the molecule is C=COCC.CC(CCN)CC(C)(C)C. The smallest absolute Gasteiger partial charge is 0.0844 e. The van der Waals surface area contributed by atoms with Gasteiger partial charge in [-0.05, 0) is 37.6 Å². The largest absolute Gasteiger partial charge is 0.502 e. The van der Waals surface area contributed by atoms with Crippen LogP contribution in [0.2, 0.25) is 0 Å². The molecule has 0 rings (SSSR count). The molecule has 2 nitrogen and oxygen atoms in total. The van der Waals surface area contributed by atoms with Crippen molar-refractivity contribution >= 4 is 0 Å². The third kappa shape index (κ3) is 19.8. The van der Waals surface area contributed by atoms with Crippen LogP contribution >= 0.6 is 0 Å². The lowest BCUT2D eigenvalue weighted by molar-refractivity contribution is 0.270. The summed E-state index contributed by atoms with van der Waals surface area (Å²) in [6.45, 7) is 15.9. The normalized spacial score (nSPS) is 12.4. The summed E-state index contributed by atoms with van der Waals surface area (Å²) >= 11 is 0. The van der Waals surface area contributed by atoms with Crippen molar-refractivity contribution in [2.45, 2.75) is 47.5 Å². The van der Waals surface area contributed by atoms with Crippen molar-refractivity contribution in [3.05, 3.63) is 12.8 Å². The van der Waals surface area contributed by atoms with E-state index in [2.05, 4.69) is 39.0 Å². The van der Waals surface area contributed by atoms with Crippen LogP contribution in [0.25, 0.3) is 0 Å². The topological polar surface area (TPSA) is 35.2 Å². The molecule has 0 aliphatic rings. The Morgan fingerprint density at radius 3 is 2.13 bits per heavy atom. The Kier molecular flexibility index (Phi) is 11.3. The van der Waals surface area contributed by atoms with Gasteiger partial charge in [-0.3, -0.25) is 0 Å². The lowest BCUT2D eigenvalue weighted by atomic mass is 9.84. The zero-order valence-corrected chi connectivity index (χ0v) is 11.2. The number of hydrogen-bond donors (Lipinski definition) is 1. The monoisotopic (exact) mass is 215 g/mol. The van der Waals surface area contributed by atoms with Crippen LogP contribution in [0.3, 0.4) is 0 Å².